The van der Waals surface area contributed by atoms with Crippen LogP contribution in [0.4, 0.5) is 0 Å². The quantitative estimate of drug-likeness (QED) is 0.0261. The van der Waals surface area contributed by atoms with E-state index in [-0.39, 0.29) is 12.5 Å². The zero-order chi connectivity index (χ0) is 64.2. The average molecular weight is 1250 g/mol. The zero-order valence-electron chi connectivity index (χ0n) is 58.2. The molecule has 7 atom stereocenters. The van der Waals surface area contributed by atoms with Crippen LogP contribution >= 0.6 is 0 Å². The third kappa shape index (κ3) is 56.6. The largest absolute Gasteiger partial charge is 0.394 e. The highest BCUT2D eigenvalue weighted by atomic mass is 16.7. The van der Waals surface area contributed by atoms with Gasteiger partial charge in [0.05, 0.1) is 25.4 Å². The molecule has 6 N–H and O–H groups in total. The maximum absolute atomic E-state index is 13.2. The van der Waals surface area contributed by atoms with E-state index < -0.39 is 49.5 Å². The van der Waals surface area contributed by atoms with E-state index in [9.17, 15) is 30.3 Å². The Morgan fingerprint density at radius 3 is 1.03 bits per heavy atom. The summed E-state index contributed by atoms with van der Waals surface area (Å²) in [4.78, 5) is 13.2. The number of nitrogens with one attached hydrogen (secondary N) is 1. The molecule has 1 rings (SSSR count). The van der Waals surface area contributed by atoms with E-state index in [2.05, 4.69) is 104 Å². The number of hydrogen-bond donors (Lipinski definition) is 6. The van der Waals surface area contributed by atoms with Crippen LogP contribution in [0.15, 0.2) is 85.1 Å². The van der Waals surface area contributed by atoms with Crippen LogP contribution in [0.2, 0.25) is 0 Å². The molecule has 0 spiro atoms. The number of carbonyl (C=O) groups is 1. The topological polar surface area (TPSA) is 149 Å². The van der Waals surface area contributed by atoms with E-state index in [0.29, 0.717) is 12.8 Å². The molecule has 1 aliphatic rings. The summed E-state index contributed by atoms with van der Waals surface area (Å²) in [5.41, 5.74) is 0. The predicted molar refractivity (Wildman–Crippen MR) is 382 cm³/mol. The second kappa shape index (κ2) is 68.2. The van der Waals surface area contributed by atoms with Crippen molar-refractivity contribution in [1.82, 2.24) is 5.32 Å². The highest BCUT2D eigenvalue weighted by Crippen LogP contribution is 2.24. The average Bonchev–Trinajstić information content (AvgIpc) is 2.42. The number of hydrogen-bond acceptors (Lipinski definition) is 8. The van der Waals surface area contributed by atoms with Crippen molar-refractivity contribution in [3.8, 4) is 0 Å². The molecule has 9 heteroatoms. The first-order valence-electron chi connectivity index (χ1n) is 38.3. The maximum atomic E-state index is 13.2. The van der Waals surface area contributed by atoms with E-state index in [4.69, 9.17) is 9.47 Å². The van der Waals surface area contributed by atoms with Crippen molar-refractivity contribution in [2.24, 2.45) is 0 Å². The van der Waals surface area contributed by atoms with Gasteiger partial charge in [0, 0.05) is 6.42 Å². The molecule has 0 aromatic heterocycles. The molecule has 1 saturated heterocycles. The number of rotatable bonds is 67. The lowest BCUT2D eigenvalue weighted by Crippen LogP contribution is -2.60. The lowest BCUT2D eigenvalue weighted by atomic mass is 9.99. The molecule has 9 nitrogen and oxygen atoms in total. The van der Waals surface area contributed by atoms with Gasteiger partial charge in [-0.15, -0.1) is 0 Å². The molecule has 7 unspecified atom stereocenters. The summed E-state index contributed by atoms with van der Waals surface area (Å²) in [6.07, 6.45) is 91.0. The Hall–Kier alpha value is -2.63. The minimum atomic E-state index is -1.56. The normalized spacial score (nSPS) is 18.3. The highest BCUT2D eigenvalue weighted by Gasteiger charge is 2.44. The fourth-order valence-corrected chi connectivity index (χ4v) is 12.1. The molecular weight excluding hydrogens is 1100 g/mol. The van der Waals surface area contributed by atoms with Crippen molar-refractivity contribution in [2.75, 3.05) is 13.2 Å². The van der Waals surface area contributed by atoms with E-state index in [1.165, 1.54) is 250 Å². The standard InChI is InChI=1S/C80H145NO8/c1-3-5-7-9-11-13-15-17-19-21-23-25-27-29-31-32-33-34-35-36-37-38-39-40-41-42-44-46-48-50-52-54-56-58-60-62-64-66-68-70-76(84)81-73(72-88-80-79(87)78(86)77(85)75(71-82)89-80)74(83)69-67-65-63-61-59-57-55-53-51-49-47-45-43-30-28-26-24-22-20-18-16-14-12-10-8-6-4-2/h5,7,11,13,17,19,23,25,29,31,33-34,36-37,73-75,77-80,82-83,85-87H,3-4,6,8-10,12,14-16,18,20-22,24,26-28,30,32,35,38-72H2,1-2H3,(H,81,84)/b7-5-,13-11-,19-17-,25-23-,31-29-,34-33-,37-36-. The second-order valence-corrected chi connectivity index (χ2v) is 26.4. The fourth-order valence-electron chi connectivity index (χ4n) is 12.1. The van der Waals surface area contributed by atoms with Gasteiger partial charge in [0.15, 0.2) is 6.29 Å². The SMILES string of the molecule is CC/C=C\C/C=C\C/C=C\C/C=C\C/C=C\C/C=C\C/C=C\CCCCCCCCCCCCCCCCCCCC(=O)NC(COC1OC(CO)C(O)C(O)C1O)C(O)CCCCCCCCCCCCCCCCCCCCCCCCCCCCC. The third-order valence-corrected chi connectivity index (χ3v) is 18.0. The van der Waals surface area contributed by atoms with E-state index >= 15 is 0 Å². The lowest BCUT2D eigenvalue weighted by molar-refractivity contribution is -0.302. The molecule has 518 valence electrons. The van der Waals surface area contributed by atoms with Crippen LogP contribution in [-0.2, 0) is 14.3 Å². The van der Waals surface area contributed by atoms with E-state index in [1.807, 2.05) is 0 Å². The Bertz CT molecular complexity index is 1690. The number of ether oxygens (including phenoxy) is 2. The fraction of sp³-hybridized carbons (Fsp3) is 0.812. The van der Waals surface area contributed by atoms with Gasteiger partial charge in [-0.1, -0.05) is 369 Å². The zero-order valence-corrected chi connectivity index (χ0v) is 58.2. The Morgan fingerprint density at radius 1 is 0.393 bits per heavy atom. The van der Waals surface area contributed by atoms with Gasteiger partial charge >= 0.3 is 0 Å². The number of aliphatic hydroxyl groups is 5. The highest BCUT2D eigenvalue weighted by molar-refractivity contribution is 5.76. The Balaban J connectivity index is 2.07. The van der Waals surface area contributed by atoms with Gasteiger partial charge in [-0.25, -0.2) is 0 Å². The molecule has 1 amide bonds. The van der Waals surface area contributed by atoms with E-state index in [0.717, 1.165) is 83.5 Å². The van der Waals surface area contributed by atoms with Crippen LogP contribution in [0.25, 0.3) is 0 Å². The smallest absolute Gasteiger partial charge is 0.220 e. The van der Waals surface area contributed by atoms with Crippen LogP contribution in [0.1, 0.15) is 361 Å². The molecule has 0 bridgehead atoms. The minimum absolute atomic E-state index is 0.137. The molecule has 1 fully saturated rings. The van der Waals surface area contributed by atoms with Crippen molar-refractivity contribution >= 4 is 5.91 Å². The second-order valence-electron chi connectivity index (χ2n) is 26.4. The van der Waals surface area contributed by atoms with Crippen LogP contribution in [-0.4, -0.2) is 87.5 Å². The third-order valence-electron chi connectivity index (χ3n) is 18.0. The van der Waals surface area contributed by atoms with Gasteiger partial charge in [0.25, 0.3) is 0 Å². The molecule has 0 aromatic rings. The summed E-state index contributed by atoms with van der Waals surface area (Å²) >= 11 is 0. The Labute approximate surface area is 550 Å². The lowest BCUT2D eigenvalue weighted by Gasteiger charge is -2.40. The van der Waals surface area contributed by atoms with Crippen LogP contribution < -0.4 is 5.32 Å². The van der Waals surface area contributed by atoms with Crippen molar-refractivity contribution in [1.29, 1.82) is 0 Å². The van der Waals surface area contributed by atoms with Crippen molar-refractivity contribution in [2.45, 2.75) is 403 Å². The first-order chi connectivity index (χ1) is 43.8. The summed E-state index contributed by atoms with van der Waals surface area (Å²) in [5, 5.41) is 55.1. The van der Waals surface area contributed by atoms with Gasteiger partial charge in [-0.2, -0.15) is 0 Å². The van der Waals surface area contributed by atoms with Gasteiger partial charge < -0.3 is 40.3 Å². The molecule has 0 aromatic carbocycles. The van der Waals surface area contributed by atoms with Crippen molar-refractivity contribution < 1.29 is 39.8 Å². The summed E-state index contributed by atoms with van der Waals surface area (Å²) in [5.74, 6) is -0.140. The van der Waals surface area contributed by atoms with Gasteiger partial charge in [0.1, 0.15) is 24.4 Å². The van der Waals surface area contributed by atoms with Gasteiger partial charge in [-0.05, 0) is 70.6 Å². The number of unbranched alkanes of at least 4 members (excludes halogenated alkanes) is 43. The molecule has 1 heterocycles. The molecule has 1 aliphatic heterocycles. The summed E-state index contributed by atoms with van der Waals surface area (Å²) in [7, 11) is 0. The molecule has 89 heavy (non-hydrogen) atoms. The summed E-state index contributed by atoms with van der Waals surface area (Å²) in [6.45, 7) is 3.77. The van der Waals surface area contributed by atoms with E-state index in [1.54, 1.807) is 0 Å². The first kappa shape index (κ1) is 84.4. The predicted octanol–water partition coefficient (Wildman–Crippen LogP) is 21.6. The van der Waals surface area contributed by atoms with Crippen molar-refractivity contribution in [3.63, 3.8) is 0 Å². The van der Waals surface area contributed by atoms with Crippen LogP contribution in [0, 0.1) is 0 Å². The molecular formula is C80H145NO8. The molecule has 0 radical (unpaired) electrons. The Kier molecular flexibility index (Phi) is 64.7. The maximum Gasteiger partial charge on any atom is 0.220 e. The van der Waals surface area contributed by atoms with Gasteiger partial charge in [0.2, 0.25) is 5.91 Å². The summed E-state index contributed by atoms with van der Waals surface area (Å²) in [6, 6.07) is -0.723. The molecule has 0 saturated carbocycles. The minimum Gasteiger partial charge on any atom is -0.394 e. The number of amides is 1. The summed E-state index contributed by atoms with van der Waals surface area (Å²) < 4.78 is 11.4. The monoisotopic (exact) mass is 1250 g/mol. The molecule has 0 aliphatic carbocycles. The van der Waals surface area contributed by atoms with Crippen LogP contribution in [0.5, 0.6) is 0 Å². The van der Waals surface area contributed by atoms with Crippen molar-refractivity contribution in [3.05, 3.63) is 85.1 Å². The van der Waals surface area contributed by atoms with Gasteiger partial charge in [-0.3, -0.25) is 4.79 Å². The number of carbonyl (C=O) groups excluding carboxylic acids is 1. The number of allylic oxidation sites excluding steroid dienone is 14. The Morgan fingerprint density at radius 2 is 0.697 bits per heavy atom. The first-order valence-corrected chi connectivity index (χ1v) is 38.3. The number of aliphatic hydroxyl groups excluding tert-OH is 5. The van der Waals surface area contributed by atoms with Crippen LogP contribution in [0.3, 0.4) is 0 Å².